The monoisotopic (exact) mass is 337 g/mol. The molecule has 0 radical (unpaired) electrons. The minimum Gasteiger partial charge on any atom is -0.374 e. The van der Waals surface area contributed by atoms with Crippen molar-refractivity contribution in [3.63, 3.8) is 0 Å². The van der Waals surface area contributed by atoms with Crippen LogP contribution in [0, 0.1) is 13.8 Å². The van der Waals surface area contributed by atoms with Gasteiger partial charge in [-0.1, -0.05) is 12.1 Å². The standard InChI is InChI=1S/C19H23N5O/c1-14-9-20-24(10-14)12-16-11-23(7-8-25-16)13-19-15(2)21-17-5-3-4-6-18(17)22-19/h3-6,9-10,16H,7-8,11-13H2,1-2H3. The number of hydrogen-bond acceptors (Lipinski definition) is 5. The summed E-state index contributed by atoms with van der Waals surface area (Å²) < 4.78 is 7.88. The van der Waals surface area contributed by atoms with E-state index in [1.54, 1.807) is 0 Å². The zero-order valence-corrected chi connectivity index (χ0v) is 14.7. The Hall–Kier alpha value is -2.31. The zero-order valence-electron chi connectivity index (χ0n) is 14.7. The topological polar surface area (TPSA) is 56.1 Å². The van der Waals surface area contributed by atoms with Gasteiger partial charge in [0.05, 0.1) is 47.9 Å². The van der Waals surface area contributed by atoms with Crippen LogP contribution in [-0.2, 0) is 17.8 Å². The molecule has 3 aromatic rings. The van der Waals surface area contributed by atoms with Gasteiger partial charge >= 0.3 is 0 Å². The van der Waals surface area contributed by atoms with Crippen molar-refractivity contribution in [2.45, 2.75) is 33.0 Å². The van der Waals surface area contributed by atoms with Crippen LogP contribution in [-0.4, -0.2) is 50.4 Å². The lowest BCUT2D eigenvalue weighted by Crippen LogP contribution is -2.44. The van der Waals surface area contributed by atoms with Gasteiger partial charge in [-0.05, 0) is 31.5 Å². The fourth-order valence-corrected chi connectivity index (χ4v) is 3.30. The quantitative estimate of drug-likeness (QED) is 0.731. The fourth-order valence-electron chi connectivity index (χ4n) is 3.30. The van der Waals surface area contributed by atoms with E-state index in [2.05, 4.69) is 23.1 Å². The van der Waals surface area contributed by atoms with Gasteiger partial charge in [0, 0.05) is 25.8 Å². The Morgan fingerprint density at radius 1 is 1.16 bits per heavy atom. The van der Waals surface area contributed by atoms with Gasteiger partial charge in [-0.15, -0.1) is 0 Å². The van der Waals surface area contributed by atoms with E-state index in [1.165, 1.54) is 5.56 Å². The van der Waals surface area contributed by atoms with Crippen LogP contribution in [0.1, 0.15) is 17.0 Å². The lowest BCUT2D eigenvalue weighted by atomic mass is 10.2. The van der Waals surface area contributed by atoms with Crippen LogP contribution in [0.15, 0.2) is 36.7 Å². The number of rotatable bonds is 4. The highest BCUT2D eigenvalue weighted by Crippen LogP contribution is 2.16. The predicted octanol–water partition coefficient (Wildman–Crippen LogP) is 2.34. The van der Waals surface area contributed by atoms with Crippen molar-refractivity contribution >= 4 is 11.0 Å². The van der Waals surface area contributed by atoms with Crippen molar-refractivity contribution < 1.29 is 4.74 Å². The molecule has 1 aromatic carbocycles. The molecule has 0 aliphatic carbocycles. The largest absolute Gasteiger partial charge is 0.374 e. The lowest BCUT2D eigenvalue weighted by molar-refractivity contribution is -0.0406. The van der Waals surface area contributed by atoms with Gasteiger partial charge in [-0.2, -0.15) is 5.10 Å². The van der Waals surface area contributed by atoms with Crippen molar-refractivity contribution in [3.05, 3.63) is 53.6 Å². The zero-order chi connectivity index (χ0) is 17.2. The van der Waals surface area contributed by atoms with E-state index in [9.17, 15) is 0 Å². The predicted molar refractivity (Wildman–Crippen MR) is 96.3 cm³/mol. The van der Waals surface area contributed by atoms with Crippen molar-refractivity contribution in [2.24, 2.45) is 0 Å². The molecule has 0 saturated carbocycles. The summed E-state index contributed by atoms with van der Waals surface area (Å²) in [6.45, 7) is 8.23. The second-order valence-electron chi connectivity index (χ2n) is 6.71. The lowest BCUT2D eigenvalue weighted by Gasteiger charge is -2.32. The molecule has 130 valence electrons. The number of ether oxygens (including phenoxy) is 1. The molecule has 6 heteroatoms. The maximum atomic E-state index is 5.92. The Morgan fingerprint density at radius 2 is 1.96 bits per heavy atom. The highest BCUT2D eigenvalue weighted by atomic mass is 16.5. The third-order valence-electron chi connectivity index (χ3n) is 4.59. The average molecular weight is 337 g/mol. The number of morpholine rings is 1. The number of benzene rings is 1. The highest BCUT2D eigenvalue weighted by molar-refractivity contribution is 5.74. The molecule has 4 rings (SSSR count). The molecule has 1 aliphatic rings. The number of para-hydroxylation sites is 2. The number of fused-ring (bicyclic) bond motifs is 1. The molecule has 0 bridgehead atoms. The van der Waals surface area contributed by atoms with E-state index in [-0.39, 0.29) is 6.10 Å². The molecule has 6 nitrogen and oxygen atoms in total. The van der Waals surface area contributed by atoms with Gasteiger partial charge in [0.25, 0.3) is 0 Å². The molecule has 0 amide bonds. The number of aryl methyl sites for hydroxylation is 2. The summed E-state index contributed by atoms with van der Waals surface area (Å²) in [7, 11) is 0. The molecule has 3 heterocycles. The molecular weight excluding hydrogens is 314 g/mol. The van der Waals surface area contributed by atoms with Crippen LogP contribution < -0.4 is 0 Å². The molecule has 2 aromatic heterocycles. The Balaban J connectivity index is 1.46. The highest BCUT2D eigenvalue weighted by Gasteiger charge is 2.22. The Bertz CT molecular complexity index is 875. The minimum absolute atomic E-state index is 0.154. The number of aromatic nitrogens is 4. The van der Waals surface area contributed by atoms with Gasteiger partial charge in [-0.25, -0.2) is 9.97 Å². The van der Waals surface area contributed by atoms with Crippen LogP contribution in [0.5, 0.6) is 0 Å². The smallest absolute Gasteiger partial charge is 0.0898 e. The summed E-state index contributed by atoms with van der Waals surface area (Å²) in [5, 5.41) is 4.36. The Labute approximate surface area is 147 Å². The van der Waals surface area contributed by atoms with E-state index in [0.29, 0.717) is 0 Å². The van der Waals surface area contributed by atoms with Gasteiger partial charge in [0.1, 0.15) is 0 Å². The second kappa shape index (κ2) is 6.90. The second-order valence-corrected chi connectivity index (χ2v) is 6.71. The molecule has 1 saturated heterocycles. The first kappa shape index (κ1) is 16.2. The molecular formula is C19H23N5O. The van der Waals surface area contributed by atoms with Crippen molar-refractivity contribution in [2.75, 3.05) is 19.7 Å². The summed E-state index contributed by atoms with van der Waals surface area (Å²) in [6.07, 6.45) is 4.09. The average Bonchev–Trinajstić information content (AvgIpc) is 3.01. The molecule has 0 N–H and O–H groups in total. The van der Waals surface area contributed by atoms with E-state index in [1.807, 2.05) is 42.1 Å². The maximum Gasteiger partial charge on any atom is 0.0898 e. The summed E-state index contributed by atoms with van der Waals surface area (Å²) in [5.41, 5.74) is 5.14. The minimum atomic E-state index is 0.154. The SMILES string of the molecule is Cc1cnn(CC2CN(Cc3nc4ccccc4nc3C)CCO2)c1. The fraction of sp³-hybridized carbons (Fsp3) is 0.421. The van der Waals surface area contributed by atoms with Crippen molar-refractivity contribution in [1.82, 2.24) is 24.6 Å². The Kier molecular flexibility index (Phi) is 4.46. The first-order valence-corrected chi connectivity index (χ1v) is 8.72. The first-order chi connectivity index (χ1) is 12.2. The molecule has 0 spiro atoms. The van der Waals surface area contributed by atoms with Crippen LogP contribution in [0.2, 0.25) is 0 Å². The van der Waals surface area contributed by atoms with Crippen LogP contribution >= 0.6 is 0 Å². The number of nitrogens with zero attached hydrogens (tertiary/aromatic N) is 5. The molecule has 1 atom stereocenters. The molecule has 1 unspecified atom stereocenters. The van der Waals surface area contributed by atoms with Gasteiger partial charge in [-0.3, -0.25) is 9.58 Å². The maximum absolute atomic E-state index is 5.92. The van der Waals surface area contributed by atoms with Gasteiger partial charge < -0.3 is 4.74 Å². The molecule has 1 aliphatic heterocycles. The summed E-state index contributed by atoms with van der Waals surface area (Å²) in [5.74, 6) is 0. The van der Waals surface area contributed by atoms with Gasteiger partial charge in [0.15, 0.2) is 0 Å². The summed E-state index contributed by atoms with van der Waals surface area (Å²) in [6, 6.07) is 8.04. The van der Waals surface area contributed by atoms with Crippen LogP contribution in [0.4, 0.5) is 0 Å². The van der Waals surface area contributed by atoms with Crippen LogP contribution in [0.3, 0.4) is 0 Å². The Morgan fingerprint density at radius 3 is 2.72 bits per heavy atom. The van der Waals surface area contributed by atoms with Crippen molar-refractivity contribution in [1.29, 1.82) is 0 Å². The van der Waals surface area contributed by atoms with Gasteiger partial charge in [0.2, 0.25) is 0 Å². The molecule has 25 heavy (non-hydrogen) atoms. The molecule has 1 fully saturated rings. The van der Waals surface area contributed by atoms with Crippen LogP contribution in [0.25, 0.3) is 11.0 Å². The summed E-state index contributed by atoms with van der Waals surface area (Å²) in [4.78, 5) is 11.9. The first-order valence-electron chi connectivity index (χ1n) is 8.72. The van der Waals surface area contributed by atoms with E-state index >= 15 is 0 Å². The normalized spacial score (nSPS) is 18.7. The third kappa shape index (κ3) is 3.70. The number of hydrogen-bond donors (Lipinski definition) is 0. The van der Waals surface area contributed by atoms with E-state index < -0.39 is 0 Å². The van der Waals surface area contributed by atoms with Crippen molar-refractivity contribution in [3.8, 4) is 0 Å². The van der Waals surface area contributed by atoms with E-state index in [0.717, 1.165) is 55.2 Å². The van der Waals surface area contributed by atoms with E-state index in [4.69, 9.17) is 14.7 Å². The third-order valence-corrected chi connectivity index (χ3v) is 4.59. The summed E-state index contributed by atoms with van der Waals surface area (Å²) >= 11 is 0.